The van der Waals surface area contributed by atoms with Crippen LogP contribution in [0.1, 0.15) is 5.69 Å². The number of rotatable bonds is 3. The third-order valence-electron chi connectivity index (χ3n) is 2.00. The zero-order chi connectivity index (χ0) is 10.7. The molecular formula is C11H11ClN2O. The number of oxazole rings is 1. The lowest BCUT2D eigenvalue weighted by molar-refractivity contribution is 0.571. The predicted octanol–water partition coefficient (Wildman–Crippen LogP) is 2.71. The normalized spacial score (nSPS) is 10.5. The van der Waals surface area contributed by atoms with Gasteiger partial charge < -0.3 is 9.73 Å². The number of hydrogen-bond acceptors (Lipinski definition) is 3. The lowest BCUT2D eigenvalue weighted by Crippen LogP contribution is -2.04. The summed E-state index contributed by atoms with van der Waals surface area (Å²) < 4.78 is 5.35. The Morgan fingerprint density at radius 3 is 2.73 bits per heavy atom. The highest BCUT2D eigenvalue weighted by molar-refractivity contribution is 6.30. The fourth-order valence-corrected chi connectivity index (χ4v) is 1.42. The first-order chi connectivity index (χ1) is 7.29. The molecule has 0 saturated carbocycles. The van der Waals surface area contributed by atoms with Gasteiger partial charge in [0.1, 0.15) is 6.26 Å². The Morgan fingerprint density at radius 1 is 1.33 bits per heavy atom. The molecule has 2 rings (SSSR count). The average molecular weight is 223 g/mol. The molecule has 0 aliphatic rings. The van der Waals surface area contributed by atoms with Crippen molar-refractivity contribution in [3.63, 3.8) is 0 Å². The van der Waals surface area contributed by atoms with E-state index >= 15 is 0 Å². The van der Waals surface area contributed by atoms with Crippen LogP contribution in [0, 0.1) is 0 Å². The van der Waals surface area contributed by atoms with Gasteiger partial charge in [0.25, 0.3) is 0 Å². The van der Waals surface area contributed by atoms with E-state index in [1.54, 1.807) is 6.26 Å². The second kappa shape index (κ2) is 4.47. The van der Waals surface area contributed by atoms with Crippen molar-refractivity contribution in [2.24, 2.45) is 0 Å². The Kier molecular flexibility index (Phi) is 3.04. The molecular weight excluding hydrogens is 212 g/mol. The summed E-state index contributed by atoms with van der Waals surface area (Å²) in [6.07, 6.45) is 1.65. The van der Waals surface area contributed by atoms with Gasteiger partial charge in [-0.3, -0.25) is 0 Å². The topological polar surface area (TPSA) is 38.1 Å². The molecule has 78 valence electrons. The van der Waals surface area contributed by atoms with Gasteiger partial charge in [0.15, 0.2) is 0 Å². The molecule has 1 aromatic carbocycles. The first-order valence-corrected chi connectivity index (χ1v) is 5.02. The number of nitrogens with one attached hydrogen (secondary N) is 1. The van der Waals surface area contributed by atoms with Crippen molar-refractivity contribution < 1.29 is 4.42 Å². The van der Waals surface area contributed by atoms with E-state index < -0.39 is 0 Å². The fraction of sp³-hybridized carbons (Fsp3) is 0.182. The highest BCUT2D eigenvalue weighted by Crippen LogP contribution is 2.20. The summed E-state index contributed by atoms with van der Waals surface area (Å²) >= 11 is 5.79. The summed E-state index contributed by atoms with van der Waals surface area (Å²) in [4.78, 5) is 4.33. The lowest BCUT2D eigenvalue weighted by Gasteiger charge is -1.94. The number of hydrogen-bond donors (Lipinski definition) is 1. The first-order valence-electron chi connectivity index (χ1n) is 4.64. The van der Waals surface area contributed by atoms with E-state index in [2.05, 4.69) is 10.3 Å². The highest BCUT2D eigenvalue weighted by atomic mass is 35.5. The van der Waals surface area contributed by atoms with Crippen molar-refractivity contribution in [3.8, 4) is 11.5 Å². The van der Waals surface area contributed by atoms with Gasteiger partial charge in [-0.2, -0.15) is 0 Å². The monoisotopic (exact) mass is 222 g/mol. The van der Waals surface area contributed by atoms with Gasteiger partial charge in [-0.25, -0.2) is 4.98 Å². The summed E-state index contributed by atoms with van der Waals surface area (Å²) in [5.74, 6) is 0.622. The summed E-state index contributed by atoms with van der Waals surface area (Å²) in [6.45, 7) is 0.705. The van der Waals surface area contributed by atoms with E-state index in [1.807, 2.05) is 31.3 Å². The third-order valence-corrected chi connectivity index (χ3v) is 2.25. The second-order valence-corrected chi connectivity index (χ2v) is 3.62. The van der Waals surface area contributed by atoms with Crippen LogP contribution < -0.4 is 5.32 Å². The maximum absolute atomic E-state index is 5.79. The lowest BCUT2D eigenvalue weighted by atomic mass is 10.2. The molecule has 1 aromatic heterocycles. The summed E-state index contributed by atoms with van der Waals surface area (Å²) in [6, 6.07) is 7.41. The van der Waals surface area contributed by atoms with Gasteiger partial charge in [0.2, 0.25) is 5.89 Å². The van der Waals surface area contributed by atoms with Crippen LogP contribution in [0.5, 0.6) is 0 Å². The number of nitrogens with zero attached hydrogens (tertiary/aromatic N) is 1. The smallest absolute Gasteiger partial charge is 0.226 e. The Labute approximate surface area is 93.1 Å². The molecule has 2 aromatic rings. The number of halogens is 1. The maximum atomic E-state index is 5.79. The molecule has 0 atom stereocenters. The molecule has 0 amide bonds. The van der Waals surface area contributed by atoms with Gasteiger partial charge in [-0.05, 0) is 31.3 Å². The zero-order valence-electron chi connectivity index (χ0n) is 8.33. The van der Waals surface area contributed by atoms with E-state index in [4.69, 9.17) is 16.0 Å². The van der Waals surface area contributed by atoms with E-state index in [0.29, 0.717) is 17.5 Å². The predicted molar refractivity (Wildman–Crippen MR) is 59.7 cm³/mol. The molecule has 0 aliphatic carbocycles. The van der Waals surface area contributed by atoms with Crippen LogP contribution in [0.25, 0.3) is 11.5 Å². The molecule has 3 nitrogen and oxygen atoms in total. The molecule has 0 aliphatic heterocycles. The van der Waals surface area contributed by atoms with Gasteiger partial charge in [-0.15, -0.1) is 0 Å². The highest BCUT2D eigenvalue weighted by Gasteiger charge is 2.05. The molecule has 1 N–H and O–H groups in total. The van der Waals surface area contributed by atoms with Crippen molar-refractivity contribution in [2.45, 2.75) is 6.54 Å². The maximum Gasteiger partial charge on any atom is 0.226 e. The Morgan fingerprint density at radius 2 is 2.07 bits per heavy atom. The van der Waals surface area contributed by atoms with E-state index in [0.717, 1.165) is 11.3 Å². The third kappa shape index (κ3) is 2.37. The molecule has 4 heteroatoms. The zero-order valence-corrected chi connectivity index (χ0v) is 9.08. The van der Waals surface area contributed by atoms with Gasteiger partial charge >= 0.3 is 0 Å². The van der Waals surface area contributed by atoms with Crippen LogP contribution in [0.3, 0.4) is 0 Å². The minimum absolute atomic E-state index is 0.622. The first kappa shape index (κ1) is 10.2. The largest absolute Gasteiger partial charge is 0.444 e. The minimum atomic E-state index is 0.622. The number of aromatic nitrogens is 1. The minimum Gasteiger partial charge on any atom is -0.444 e. The van der Waals surface area contributed by atoms with Crippen LogP contribution in [-0.2, 0) is 6.54 Å². The average Bonchev–Trinajstić information content (AvgIpc) is 2.68. The Balaban J connectivity index is 2.25. The molecule has 0 saturated heterocycles. The molecule has 0 spiro atoms. The van der Waals surface area contributed by atoms with Gasteiger partial charge in [0, 0.05) is 17.1 Å². The molecule has 1 heterocycles. The van der Waals surface area contributed by atoms with Crippen LogP contribution in [0.2, 0.25) is 5.02 Å². The molecule has 0 unspecified atom stereocenters. The van der Waals surface area contributed by atoms with Crippen LogP contribution in [-0.4, -0.2) is 12.0 Å². The van der Waals surface area contributed by atoms with Crippen molar-refractivity contribution in [1.82, 2.24) is 10.3 Å². The van der Waals surface area contributed by atoms with Crippen LogP contribution in [0.4, 0.5) is 0 Å². The Bertz CT molecular complexity index is 436. The standard InChI is InChI=1S/C11H11ClN2O/c1-13-6-10-7-15-11(14-10)8-2-4-9(12)5-3-8/h2-5,7,13H,6H2,1H3. The van der Waals surface area contributed by atoms with Crippen molar-refractivity contribution >= 4 is 11.6 Å². The van der Waals surface area contributed by atoms with Crippen molar-refractivity contribution in [3.05, 3.63) is 41.2 Å². The van der Waals surface area contributed by atoms with E-state index in [-0.39, 0.29) is 0 Å². The molecule has 0 bridgehead atoms. The number of benzene rings is 1. The SMILES string of the molecule is CNCc1coc(-c2ccc(Cl)cc2)n1. The van der Waals surface area contributed by atoms with E-state index in [9.17, 15) is 0 Å². The molecule has 0 radical (unpaired) electrons. The van der Waals surface area contributed by atoms with Crippen LogP contribution >= 0.6 is 11.6 Å². The summed E-state index contributed by atoms with van der Waals surface area (Å²) in [7, 11) is 1.87. The summed E-state index contributed by atoms with van der Waals surface area (Å²) in [5.41, 5.74) is 1.82. The van der Waals surface area contributed by atoms with Crippen molar-refractivity contribution in [2.75, 3.05) is 7.05 Å². The second-order valence-electron chi connectivity index (χ2n) is 3.18. The Hall–Kier alpha value is -1.32. The quantitative estimate of drug-likeness (QED) is 0.868. The van der Waals surface area contributed by atoms with Crippen molar-refractivity contribution in [1.29, 1.82) is 0 Å². The van der Waals surface area contributed by atoms with Crippen LogP contribution in [0.15, 0.2) is 34.9 Å². The van der Waals surface area contributed by atoms with E-state index in [1.165, 1.54) is 0 Å². The summed E-state index contributed by atoms with van der Waals surface area (Å²) in [5, 5.41) is 3.72. The molecule has 0 fully saturated rings. The van der Waals surface area contributed by atoms with Gasteiger partial charge in [-0.1, -0.05) is 11.6 Å². The van der Waals surface area contributed by atoms with Gasteiger partial charge in [0.05, 0.1) is 5.69 Å². The molecule has 15 heavy (non-hydrogen) atoms. The fourth-order valence-electron chi connectivity index (χ4n) is 1.29.